The van der Waals surface area contributed by atoms with Gasteiger partial charge in [-0.2, -0.15) is 0 Å². The third kappa shape index (κ3) is 3.97. The number of hydrogen-bond donors (Lipinski definition) is 1. The Morgan fingerprint density at radius 3 is 2.12 bits per heavy atom. The zero-order chi connectivity index (χ0) is 12.3. The Hall–Kier alpha value is -1.16. The molecule has 1 atom stereocenters. The highest BCUT2D eigenvalue weighted by Gasteiger charge is 2.14. The van der Waals surface area contributed by atoms with Crippen LogP contribution in [-0.4, -0.2) is 21.0 Å². The molecule has 1 aromatic heterocycles. The van der Waals surface area contributed by atoms with Crippen LogP contribution in [0.4, 0.5) is 0 Å². The fourth-order valence-electron chi connectivity index (χ4n) is 1.58. The van der Waals surface area contributed by atoms with Crippen molar-refractivity contribution in [3.63, 3.8) is 0 Å². The van der Waals surface area contributed by atoms with E-state index in [9.17, 15) is 4.79 Å². The molecule has 0 bridgehead atoms. The van der Waals surface area contributed by atoms with E-state index >= 15 is 0 Å². The lowest BCUT2D eigenvalue weighted by Crippen LogP contribution is -2.11. The summed E-state index contributed by atoms with van der Waals surface area (Å²) in [6.45, 7) is 7.85. The van der Waals surface area contributed by atoms with Crippen molar-refractivity contribution in [3.05, 3.63) is 22.8 Å². The molecule has 1 unspecified atom stereocenters. The molecule has 0 aliphatic rings. The molecule has 96 valence electrons. The highest BCUT2D eigenvalue weighted by Crippen LogP contribution is 2.18. The van der Waals surface area contributed by atoms with Gasteiger partial charge in [-0.05, 0) is 20.3 Å². The molecule has 0 amide bonds. The molecule has 1 aromatic rings. The topological polar surface area (TPSA) is 63.1 Å². The molecule has 0 aliphatic heterocycles. The van der Waals surface area contributed by atoms with Gasteiger partial charge in [-0.3, -0.25) is 4.79 Å². The summed E-state index contributed by atoms with van der Waals surface area (Å²) in [6, 6.07) is 0. The summed E-state index contributed by atoms with van der Waals surface area (Å²) >= 11 is 0. The zero-order valence-electron chi connectivity index (χ0n) is 10.6. The number of aliphatic carboxylic acids is 1. The van der Waals surface area contributed by atoms with Crippen molar-refractivity contribution in [2.75, 3.05) is 0 Å². The molecular formula is C12H19ClN2O2. The first-order chi connectivity index (χ1) is 7.45. The second-order valence-electron chi connectivity index (χ2n) is 4.11. The van der Waals surface area contributed by atoms with E-state index in [-0.39, 0.29) is 18.8 Å². The van der Waals surface area contributed by atoms with Crippen LogP contribution >= 0.6 is 12.4 Å². The van der Waals surface area contributed by atoms with Crippen LogP contribution in [0.2, 0.25) is 0 Å². The van der Waals surface area contributed by atoms with Gasteiger partial charge in [-0.1, -0.05) is 13.8 Å². The summed E-state index contributed by atoms with van der Waals surface area (Å²) in [5.74, 6) is 0.286. The molecule has 0 radical (unpaired) electrons. The minimum Gasteiger partial charge on any atom is -0.481 e. The highest BCUT2D eigenvalue weighted by molar-refractivity contribution is 5.85. The Morgan fingerprint density at radius 2 is 1.76 bits per heavy atom. The molecular weight excluding hydrogens is 240 g/mol. The standard InChI is InChI=1S/C12H18N2O2.ClH/c1-5-7(2)12-13-8(3)10(6-11(15)16)9(4)14-12;/h7H,5-6H2,1-4H3,(H,15,16);1H. The number of aryl methyl sites for hydroxylation is 2. The third-order valence-electron chi connectivity index (χ3n) is 2.82. The Labute approximate surface area is 108 Å². The largest absolute Gasteiger partial charge is 0.481 e. The van der Waals surface area contributed by atoms with Crippen LogP contribution in [0.3, 0.4) is 0 Å². The SMILES string of the molecule is CCC(C)c1nc(C)c(CC(=O)O)c(C)n1.Cl. The molecule has 17 heavy (non-hydrogen) atoms. The van der Waals surface area contributed by atoms with Gasteiger partial charge < -0.3 is 5.11 Å². The lowest BCUT2D eigenvalue weighted by molar-refractivity contribution is -0.136. The monoisotopic (exact) mass is 258 g/mol. The normalized spacial score (nSPS) is 11.8. The van der Waals surface area contributed by atoms with E-state index in [1.54, 1.807) is 0 Å². The number of rotatable bonds is 4. The van der Waals surface area contributed by atoms with E-state index in [4.69, 9.17) is 5.11 Å². The van der Waals surface area contributed by atoms with Gasteiger partial charge in [0.2, 0.25) is 0 Å². The van der Waals surface area contributed by atoms with Crippen LogP contribution in [-0.2, 0) is 11.2 Å². The quantitative estimate of drug-likeness (QED) is 0.902. The molecule has 4 nitrogen and oxygen atoms in total. The Kier molecular flexibility index (Phi) is 6.10. The molecule has 0 fully saturated rings. The molecule has 1 rings (SSSR count). The third-order valence-corrected chi connectivity index (χ3v) is 2.82. The molecule has 0 spiro atoms. The first kappa shape index (κ1) is 15.8. The van der Waals surface area contributed by atoms with Gasteiger partial charge in [0.15, 0.2) is 0 Å². The van der Waals surface area contributed by atoms with E-state index in [1.807, 2.05) is 13.8 Å². The maximum Gasteiger partial charge on any atom is 0.307 e. The fourth-order valence-corrected chi connectivity index (χ4v) is 1.58. The highest BCUT2D eigenvalue weighted by atomic mass is 35.5. The van der Waals surface area contributed by atoms with E-state index < -0.39 is 5.97 Å². The van der Waals surface area contributed by atoms with Crippen molar-refractivity contribution >= 4 is 18.4 Å². The maximum absolute atomic E-state index is 10.7. The van der Waals surface area contributed by atoms with Gasteiger partial charge in [0.1, 0.15) is 5.82 Å². The number of aromatic nitrogens is 2. The Balaban J connectivity index is 0.00000256. The number of carboxylic acids is 1. The number of hydrogen-bond acceptors (Lipinski definition) is 3. The van der Waals surface area contributed by atoms with Crippen LogP contribution in [0.1, 0.15) is 49.0 Å². The van der Waals surface area contributed by atoms with Gasteiger partial charge >= 0.3 is 5.97 Å². The van der Waals surface area contributed by atoms with Gasteiger partial charge in [0.05, 0.1) is 6.42 Å². The molecule has 1 N–H and O–H groups in total. The second kappa shape index (κ2) is 6.55. The molecule has 0 aliphatic carbocycles. The summed E-state index contributed by atoms with van der Waals surface area (Å²) in [5.41, 5.74) is 2.30. The predicted octanol–water partition coefficient (Wildman–Crippen LogP) is 2.66. The lowest BCUT2D eigenvalue weighted by atomic mass is 10.1. The fraction of sp³-hybridized carbons (Fsp3) is 0.583. The van der Waals surface area contributed by atoms with Crippen LogP contribution in [0.25, 0.3) is 0 Å². The first-order valence-corrected chi connectivity index (χ1v) is 5.51. The minimum atomic E-state index is -0.842. The van der Waals surface area contributed by atoms with Crippen LogP contribution in [0.5, 0.6) is 0 Å². The van der Waals surface area contributed by atoms with Crippen molar-refractivity contribution < 1.29 is 9.90 Å². The van der Waals surface area contributed by atoms with Crippen molar-refractivity contribution in [1.29, 1.82) is 0 Å². The minimum absolute atomic E-state index is 0. The van der Waals surface area contributed by atoms with Gasteiger partial charge in [0.25, 0.3) is 0 Å². The van der Waals surface area contributed by atoms with E-state index in [1.165, 1.54) is 0 Å². The Bertz CT molecular complexity index is 384. The van der Waals surface area contributed by atoms with Crippen molar-refractivity contribution in [2.24, 2.45) is 0 Å². The van der Waals surface area contributed by atoms with Crippen molar-refractivity contribution in [3.8, 4) is 0 Å². The van der Waals surface area contributed by atoms with E-state index in [0.29, 0.717) is 5.92 Å². The lowest BCUT2D eigenvalue weighted by Gasteiger charge is -2.12. The maximum atomic E-state index is 10.7. The average molecular weight is 259 g/mol. The molecule has 5 heteroatoms. The smallest absolute Gasteiger partial charge is 0.307 e. The van der Waals surface area contributed by atoms with Crippen molar-refractivity contribution in [2.45, 2.75) is 46.5 Å². The summed E-state index contributed by atoms with van der Waals surface area (Å²) in [7, 11) is 0. The summed E-state index contributed by atoms with van der Waals surface area (Å²) in [5, 5.41) is 8.78. The van der Waals surface area contributed by atoms with Crippen molar-refractivity contribution in [1.82, 2.24) is 9.97 Å². The average Bonchev–Trinajstić information content (AvgIpc) is 2.21. The predicted molar refractivity (Wildman–Crippen MR) is 68.8 cm³/mol. The van der Waals surface area contributed by atoms with Gasteiger partial charge in [-0.15, -0.1) is 12.4 Å². The van der Waals surface area contributed by atoms with Crippen LogP contribution in [0, 0.1) is 13.8 Å². The van der Waals surface area contributed by atoms with Crippen LogP contribution < -0.4 is 0 Å². The van der Waals surface area contributed by atoms with Crippen LogP contribution in [0.15, 0.2) is 0 Å². The zero-order valence-corrected chi connectivity index (χ0v) is 11.5. The molecule has 0 saturated carbocycles. The van der Waals surface area contributed by atoms with E-state index in [2.05, 4.69) is 23.8 Å². The first-order valence-electron chi connectivity index (χ1n) is 5.51. The molecule has 0 aromatic carbocycles. The summed E-state index contributed by atoms with van der Waals surface area (Å²) < 4.78 is 0. The second-order valence-corrected chi connectivity index (χ2v) is 4.11. The number of carbonyl (C=O) groups is 1. The summed E-state index contributed by atoms with van der Waals surface area (Å²) in [6.07, 6.45) is 0.982. The number of halogens is 1. The number of carboxylic acid groups (broad SMARTS) is 1. The number of nitrogens with zero attached hydrogens (tertiary/aromatic N) is 2. The molecule has 1 heterocycles. The van der Waals surface area contributed by atoms with Gasteiger partial charge in [0, 0.05) is 22.9 Å². The Morgan fingerprint density at radius 1 is 1.29 bits per heavy atom. The van der Waals surface area contributed by atoms with Gasteiger partial charge in [-0.25, -0.2) is 9.97 Å². The summed E-state index contributed by atoms with van der Waals surface area (Å²) in [4.78, 5) is 19.5. The molecule has 0 saturated heterocycles. The van der Waals surface area contributed by atoms with E-state index in [0.717, 1.165) is 29.2 Å².